The molecule has 0 aromatic heterocycles. The van der Waals surface area contributed by atoms with Crippen LogP contribution in [0.25, 0.3) is 0 Å². The van der Waals surface area contributed by atoms with Gasteiger partial charge in [-0.25, -0.2) is 9.78 Å². The van der Waals surface area contributed by atoms with Gasteiger partial charge in [-0.05, 0) is 19.8 Å². The average Bonchev–Trinajstić information content (AvgIpc) is 2.12. The van der Waals surface area contributed by atoms with E-state index < -0.39 is 0 Å². The van der Waals surface area contributed by atoms with Crippen LogP contribution in [0.4, 0.5) is 0 Å². The number of rotatable bonds is 0. The predicted octanol–water partition coefficient (Wildman–Crippen LogP) is 1.16. The van der Waals surface area contributed by atoms with E-state index in [0.717, 1.165) is 19.3 Å². The lowest BCUT2D eigenvalue weighted by Gasteiger charge is -2.23. The van der Waals surface area contributed by atoms with Crippen LogP contribution in [-0.2, 0) is 19.2 Å². The average molecular weight is 160 g/mol. The highest BCUT2D eigenvalue weighted by molar-refractivity contribution is 4.59. The van der Waals surface area contributed by atoms with Crippen LogP contribution in [0, 0.1) is 0 Å². The molecule has 3 atom stereocenters. The van der Waals surface area contributed by atoms with E-state index in [1.807, 2.05) is 0 Å². The van der Waals surface area contributed by atoms with Crippen LogP contribution in [0.15, 0.2) is 0 Å². The van der Waals surface area contributed by atoms with Gasteiger partial charge in [0.15, 0.2) is 18.9 Å². The first-order chi connectivity index (χ1) is 5.34. The summed E-state index contributed by atoms with van der Waals surface area (Å²) in [6.07, 6.45) is 2.24. The third-order valence-electron chi connectivity index (χ3n) is 1.83. The van der Waals surface area contributed by atoms with Crippen molar-refractivity contribution in [2.24, 2.45) is 0 Å². The lowest BCUT2D eigenvalue weighted by Crippen LogP contribution is -2.28. The van der Waals surface area contributed by atoms with Gasteiger partial charge in [0.05, 0.1) is 0 Å². The van der Waals surface area contributed by atoms with Crippen molar-refractivity contribution < 1.29 is 19.2 Å². The second-order valence-corrected chi connectivity index (χ2v) is 2.82. The van der Waals surface area contributed by atoms with Crippen molar-refractivity contribution in [1.29, 1.82) is 0 Å². The van der Waals surface area contributed by atoms with Crippen molar-refractivity contribution >= 4 is 0 Å². The summed E-state index contributed by atoms with van der Waals surface area (Å²) in [6.45, 7) is 1.80. The summed E-state index contributed by atoms with van der Waals surface area (Å²) in [5.74, 6) is 0. The maximum atomic E-state index is 5.35. The SMILES string of the molecule is CC1OOC2CCCC(O1)O2. The monoisotopic (exact) mass is 160 g/mol. The van der Waals surface area contributed by atoms with Gasteiger partial charge in [0.25, 0.3) is 0 Å². The second kappa shape index (κ2) is 3.06. The molecular weight excluding hydrogens is 148 g/mol. The molecule has 2 aliphatic rings. The normalized spacial score (nSPS) is 45.0. The molecule has 2 fully saturated rings. The van der Waals surface area contributed by atoms with Crippen LogP contribution in [0.3, 0.4) is 0 Å². The summed E-state index contributed by atoms with van der Waals surface area (Å²) in [6, 6.07) is 0. The van der Waals surface area contributed by atoms with Gasteiger partial charge in [0, 0.05) is 6.42 Å². The number of hydrogen-bond acceptors (Lipinski definition) is 4. The smallest absolute Gasteiger partial charge is 0.194 e. The molecule has 0 aromatic carbocycles. The third kappa shape index (κ3) is 1.70. The molecule has 0 spiro atoms. The summed E-state index contributed by atoms with van der Waals surface area (Å²) >= 11 is 0. The molecule has 2 bridgehead atoms. The fourth-order valence-corrected chi connectivity index (χ4v) is 1.30. The molecule has 0 aromatic rings. The van der Waals surface area contributed by atoms with E-state index in [1.54, 1.807) is 6.92 Å². The maximum absolute atomic E-state index is 5.35. The van der Waals surface area contributed by atoms with Gasteiger partial charge >= 0.3 is 0 Å². The van der Waals surface area contributed by atoms with Crippen molar-refractivity contribution in [3.63, 3.8) is 0 Å². The Hall–Kier alpha value is -0.160. The Bertz CT molecular complexity index is 136. The molecule has 2 saturated heterocycles. The zero-order valence-corrected chi connectivity index (χ0v) is 6.49. The zero-order valence-electron chi connectivity index (χ0n) is 6.49. The molecule has 0 aliphatic carbocycles. The highest BCUT2D eigenvalue weighted by atomic mass is 17.3. The molecular formula is C7H12O4. The maximum Gasteiger partial charge on any atom is 0.194 e. The molecule has 2 aliphatic heterocycles. The van der Waals surface area contributed by atoms with Crippen LogP contribution < -0.4 is 0 Å². The Balaban J connectivity index is 1.98. The van der Waals surface area contributed by atoms with Crippen molar-refractivity contribution in [3.05, 3.63) is 0 Å². The first-order valence-corrected chi connectivity index (χ1v) is 3.97. The summed E-state index contributed by atoms with van der Waals surface area (Å²) in [5.41, 5.74) is 0. The van der Waals surface area contributed by atoms with E-state index >= 15 is 0 Å². The fraction of sp³-hybridized carbons (Fsp3) is 1.00. The first kappa shape index (κ1) is 7.49. The molecule has 0 radical (unpaired) electrons. The molecule has 0 amide bonds. The van der Waals surface area contributed by atoms with Crippen molar-refractivity contribution in [3.8, 4) is 0 Å². The van der Waals surface area contributed by atoms with Crippen LogP contribution in [0.1, 0.15) is 26.2 Å². The van der Waals surface area contributed by atoms with E-state index in [1.165, 1.54) is 0 Å². The molecule has 0 saturated carbocycles. The predicted molar refractivity (Wildman–Crippen MR) is 35.2 cm³/mol. The van der Waals surface area contributed by atoms with Crippen LogP contribution >= 0.6 is 0 Å². The largest absolute Gasteiger partial charge is 0.321 e. The minimum atomic E-state index is -0.317. The van der Waals surface area contributed by atoms with Crippen LogP contribution in [-0.4, -0.2) is 18.9 Å². The Morgan fingerprint density at radius 1 is 1.00 bits per heavy atom. The molecule has 3 unspecified atom stereocenters. The van der Waals surface area contributed by atoms with Gasteiger partial charge in [-0.15, -0.1) is 0 Å². The highest BCUT2D eigenvalue weighted by Gasteiger charge is 2.29. The Morgan fingerprint density at radius 3 is 2.73 bits per heavy atom. The topological polar surface area (TPSA) is 36.9 Å². The van der Waals surface area contributed by atoms with E-state index in [4.69, 9.17) is 19.2 Å². The highest BCUT2D eigenvalue weighted by Crippen LogP contribution is 2.25. The fourth-order valence-electron chi connectivity index (χ4n) is 1.30. The van der Waals surface area contributed by atoms with E-state index in [2.05, 4.69) is 0 Å². The second-order valence-electron chi connectivity index (χ2n) is 2.82. The summed E-state index contributed by atoms with van der Waals surface area (Å²) in [5, 5.41) is 0. The lowest BCUT2D eigenvalue weighted by atomic mass is 10.2. The number of ether oxygens (including phenoxy) is 2. The van der Waals surface area contributed by atoms with Crippen molar-refractivity contribution in [2.75, 3.05) is 0 Å². The summed E-state index contributed by atoms with van der Waals surface area (Å²) in [7, 11) is 0. The molecule has 2 heterocycles. The summed E-state index contributed by atoms with van der Waals surface area (Å²) < 4.78 is 10.7. The minimum Gasteiger partial charge on any atom is -0.321 e. The molecule has 2 rings (SSSR count). The van der Waals surface area contributed by atoms with Crippen molar-refractivity contribution in [1.82, 2.24) is 0 Å². The number of fused-ring (bicyclic) bond motifs is 2. The quantitative estimate of drug-likeness (QED) is 0.498. The Kier molecular flexibility index (Phi) is 2.09. The lowest BCUT2D eigenvalue weighted by molar-refractivity contribution is -0.396. The van der Waals surface area contributed by atoms with Crippen LogP contribution in [0.5, 0.6) is 0 Å². The van der Waals surface area contributed by atoms with Gasteiger partial charge < -0.3 is 9.47 Å². The van der Waals surface area contributed by atoms with Gasteiger partial charge in [0.2, 0.25) is 0 Å². The van der Waals surface area contributed by atoms with Gasteiger partial charge in [0.1, 0.15) is 0 Å². The van der Waals surface area contributed by atoms with E-state index in [9.17, 15) is 0 Å². The van der Waals surface area contributed by atoms with Crippen LogP contribution in [0.2, 0.25) is 0 Å². The first-order valence-electron chi connectivity index (χ1n) is 3.97. The Labute approximate surface area is 65.3 Å². The standard InChI is InChI=1S/C7H12O4/c1-5-8-6-3-2-4-7(9-6)11-10-5/h5-7H,2-4H2,1H3. The molecule has 4 nitrogen and oxygen atoms in total. The minimum absolute atomic E-state index is 0.133. The molecule has 0 N–H and O–H groups in total. The molecule has 4 heteroatoms. The summed E-state index contributed by atoms with van der Waals surface area (Å²) in [4.78, 5) is 9.81. The Morgan fingerprint density at radius 2 is 1.82 bits per heavy atom. The number of hydrogen-bond donors (Lipinski definition) is 0. The van der Waals surface area contributed by atoms with Gasteiger partial charge in [-0.2, -0.15) is 0 Å². The zero-order chi connectivity index (χ0) is 7.68. The van der Waals surface area contributed by atoms with Gasteiger partial charge in [-0.3, -0.25) is 0 Å². The molecule has 11 heavy (non-hydrogen) atoms. The van der Waals surface area contributed by atoms with Crippen molar-refractivity contribution in [2.45, 2.75) is 45.1 Å². The van der Waals surface area contributed by atoms with Gasteiger partial charge in [-0.1, -0.05) is 0 Å². The van der Waals surface area contributed by atoms with E-state index in [-0.39, 0.29) is 18.9 Å². The van der Waals surface area contributed by atoms with E-state index in [0.29, 0.717) is 0 Å². The molecule has 64 valence electrons. The third-order valence-corrected chi connectivity index (χ3v) is 1.83.